The van der Waals surface area contributed by atoms with E-state index in [2.05, 4.69) is 4.98 Å². The van der Waals surface area contributed by atoms with Gasteiger partial charge in [-0.1, -0.05) is 0 Å². The molecule has 0 saturated heterocycles. The number of carbonyl (C=O) groups is 1. The molecule has 1 aromatic rings. The maximum Gasteiger partial charge on any atom is 0.434 e. The Bertz CT molecular complexity index is 382. The van der Waals surface area contributed by atoms with Crippen LogP contribution in [0.15, 0.2) is 12.3 Å². The molecule has 0 saturated carbocycles. The molecule has 1 heterocycles. The van der Waals surface area contributed by atoms with E-state index < -0.39 is 23.3 Å². The van der Waals surface area contributed by atoms with Crippen molar-refractivity contribution < 1.29 is 18.0 Å². The van der Waals surface area contributed by atoms with E-state index in [1.54, 1.807) is 0 Å². The average molecular weight is 277 g/mol. The SMILES string of the molecule is Cc1ccnc(C(F)(F)F)c1C(N)=O.Cl.Cl. The highest BCUT2D eigenvalue weighted by Crippen LogP contribution is 2.30. The van der Waals surface area contributed by atoms with E-state index in [9.17, 15) is 18.0 Å². The van der Waals surface area contributed by atoms with Crippen molar-refractivity contribution in [3.63, 3.8) is 0 Å². The van der Waals surface area contributed by atoms with Gasteiger partial charge in [0.25, 0.3) is 5.91 Å². The number of primary amides is 1. The summed E-state index contributed by atoms with van der Waals surface area (Å²) < 4.78 is 37.0. The van der Waals surface area contributed by atoms with Gasteiger partial charge in [0.1, 0.15) is 0 Å². The van der Waals surface area contributed by atoms with Gasteiger partial charge in [0.15, 0.2) is 5.69 Å². The number of rotatable bonds is 1. The molecule has 0 aliphatic carbocycles. The highest BCUT2D eigenvalue weighted by Gasteiger charge is 2.37. The summed E-state index contributed by atoms with van der Waals surface area (Å²) in [4.78, 5) is 13.9. The number of amides is 1. The predicted octanol–water partition coefficient (Wildman–Crippen LogP) is 2.35. The predicted molar refractivity (Wildman–Crippen MR) is 57.0 cm³/mol. The van der Waals surface area contributed by atoms with Crippen LogP contribution in [0.2, 0.25) is 0 Å². The molecule has 92 valence electrons. The number of pyridine rings is 1. The number of hydrogen-bond donors (Lipinski definition) is 1. The highest BCUT2D eigenvalue weighted by atomic mass is 35.5. The number of halogens is 5. The lowest BCUT2D eigenvalue weighted by Crippen LogP contribution is -2.21. The second-order valence-corrected chi connectivity index (χ2v) is 2.71. The molecule has 1 rings (SSSR count). The standard InChI is InChI=1S/C8H7F3N2O.2ClH/c1-4-2-3-13-6(8(9,10)11)5(4)7(12)14;;/h2-3H,1H3,(H2,12,14);2*1H. The quantitative estimate of drug-likeness (QED) is 0.856. The lowest BCUT2D eigenvalue weighted by molar-refractivity contribution is -0.141. The third-order valence-corrected chi connectivity index (χ3v) is 1.67. The van der Waals surface area contributed by atoms with E-state index in [0.717, 1.165) is 6.20 Å². The summed E-state index contributed by atoms with van der Waals surface area (Å²) in [7, 11) is 0. The molecule has 0 radical (unpaired) electrons. The molecule has 0 aliphatic heterocycles. The van der Waals surface area contributed by atoms with E-state index in [4.69, 9.17) is 5.73 Å². The van der Waals surface area contributed by atoms with Crippen molar-refractivity contribution in [3.05, 3.63) is 29.1 Å². The van der Waals surface area contributed by atoms with Crippen LogP contribution in [0.3, 0.4) is 0 Å². The van der Waals surface area contributed by atoms with Crippen LogP contribution in [0.5, 0.6) is 0 Å². The summed E-state index contributed by atoms with van der Waals surface area (Å²) in [5.74, 6) is -1.12. The second-order valence-electron chi connectivity index (χ2n) is 2.71. The van der Waals surface area contributed by atoms with Gasteiger partial charge in [-0.2, -0.15) is 13.2 Å². The highest BCUT2D eigenvalue weighted by molar-refractivity contribution is 5.95. The fourth-order valence-corrected chi connectivity index (χ4v) is 1.08. The first-order chi connectivity index (χ1) is 6.34. The minimum absolute atomic E-state index is 0. The fourth-order valence-electron chi connectivity index (χ4n) is 1.08. The molecule has 3 nitrogen and oxygen atoms in total. The van der Waals surface area contributed by atoms with Crippen molar-refractivity contribution in [2.45, 2.75) is 13.1 Å². The number of aromatic nitrogens is 1. The van der Waals surface area contributed by atoms with E-state index in [0.29, 0.717) is 0 Å². The summed E-state index contributed by atoms with van der Waals surface area (Å²) in [5.41, 5.74) is 3.20. The summed E-state index contributed by atoms with van der Waals surface area (Å²) in [6.45, 7) is 1.37. The Labute approximate surface area is 102 Å². The molecule has 0 bridgehead atoms. The van der Waals surface area contributed by atoms with Crippen molar-refractivity contribution in [3.8, 4) is 0 Å². The summed E-state index contributed by atoms with van der Waals surface area (Å²) in [6, 6.07) is 1.30. The van der Waals surface area contributed by atoms with Crippen molar-refractivity contribution in [1.82, 2.24) is 4.98 Å². The van der Waals surface area contributed by atoms with Crippen LogP contribution in [0.25, 0.3) is 0 Å². The topological polar surface area (TPSA) is 56.0 Å². The number of nitrogens with two attached hydrogens (primary N) is 1. The zero-order valence-electron chi connectivity index (χ0n) is 8.04. The molecule has 8 heteroatoms. The van der Waals surface area contributed by atoms with Gasteiger partial charge in [-0.25, -0.2) is 0 Å². The Morgan fingerprint density at radius 1 is 1.38 bits per heavy atom. The van der Waals surface area contributed by atoms with Crippen LogP contribution < -0.4 is 5.73 Å². The zero-order chi connectivity index (χ0) is 10.9. The molecular weight excluding hydrogens is 268 g/mol. The van der Waals surface area contributed by atoms with Gasteiger partial charge >= 0.3 is 6.18 Å². The van der Waals surface area contributed by atoms with E-state index in [1.165, 1.54) is 13.0 Å². The van der Waals surface area contributed by atoms with Gasteiger partial charge in [0.05, 0.1) is 5.56 Å². The van der Waals surface area contributed by atoms with Crippen LogP contribution in [0.4, 0.5) is 13.2 Å². The molecule has 0 spiro atoms. The molecule has 0 unspecified atom stereocenters. The molecule has 1 amide bonds. The van der Waals surface area contributed by atoms with E-state index >= 15 is 0 Å². The fraction of sp³-hybridized carbons (Fsp3) is 0.250. The van der Waals surface area contributed by atoms with Crippen molar-refractivity contribution in [1.29, 1.82) is 0 Å². The molecular formula is C8H9Cl2F3N2O. The molecule has 0 aliphatic rings. The third-order valence-electron chi connectivity index (χ3n) is 1.67. The summed E-state index contributed by atoms with van der Waals surface area (Å²) >= 11 is 0. The minimum Gasteiger partial charge on any atom is -0.366 e. The van der Waals surface area contributed by atoms with E-state index in [1.807, 2.05) is 0 Å². The van der Waals surface area contributed by atoms with Crippen LogP contribution in [-0.4, -0.2) is 10.9 Å². The van der Waals surface area contributed by atoms with Gasteiger partial charge in [0, 0.05) is 6.20 Å². The largest absolute Gasteiger partial charge is 0.434 e. The second kappa shape index (κ2) is 5.91. The molecule has 2 N–H and O–H groups in total. The Hall–Kier alpha value is -1.01. The number of hydrogen-bond acceptors (Lipinski definition) is 2. The lowest BCUT2D eigenvalue weighted by Gasteiger charge is -2.10. The first-order valence-corrected chi connectivity index (χ1v) is 3.66. The molecule has 0 fully saturated rings. The Morgan fingerprint density at radius 2 is 1.88 bits per heavy atom. The van der Waals surface area contributed by atoms with E-state index in [-0.39, 0.29) is 30.4 Å². The normalized spacial score (nSPS) is 10.0. The number of alkyl halides is 3. The van der Waals surface area contributed by atoms with Gasteiger partial charge in [-0.3, -0.25) is 9.78 Å². The van der Waals surface area contributed by atoms with Gasteiger partial charge in [-0.15, -0.1) is 24.8 Å². The third kappa shape index (κ3) is 3.53. The molecule has 1 aromatic heterocycles. The smallest absolute Gasteiger partial charge is 0.366 e. The van der Waals surface area contributed by atoms with Crippen molar-refractivity contribution in [2.24, 2.45) is 5.73 Å². The van der Waals surface area contributed by atoms with Gasteiger partial charge in [0.2, 0.25) is 0 Å². The van der Waals surface area contributed by atoms with Gasteiger partial charge < -0.3 is 5.73 Å². The van der Waals surface area contributed by atoms with Crippen LogP contribution in [0, 0.1) is 6.92 Å². The van der Waals surface area contributed by atoms with Crippen LogP contribution in [-0.2, 0) is 6.18 Å². The number of nitrogens with zero attached hydrogens (tertiary/aromatic N) is 1. The van der Waals surface area contributed by atoms with Gasteiger partial charge in [-0.05, 0) is 18.6 Å². The zero-order valence-corrected chi connectivity index (χ0v) is 9.67. The Balaban J connectivity index is 0. The Morgan fingerprint density at radius 3 is 2.19 bits per heavy atom. The first-order valence-electron chi connectivity index (χ1n) is 3.66. The summed E-state index contributed by atoms with van der Waals surface area (Å²) in [6.07, 6.45) is -3.67. The molecule has 16 heavy (non-hydrogen) atoms. The van der Waals surface area contributed by atoms with Crippen molar-refractivity contribution in [2.75, 3.05) is 0 Å². The maximum absolute atomic E-state index is 12.3. The maximum atomic E-state index is 12.3. The minimum atomic E-state index is -4.66. The van der Waals surface area contributed by atoms with Crippen LogP contribution >= 0.6 is 24.8 Å². The lowest BCUT2D eigenvalue weighted by atomic mass is 10.1. The van der Waals surface area contributed by atoms with Crippen LogP contribution in [0.1, 0.15) is 21.6 Å². The molecule has 0 atom stereocenters. The first kappa shape index (κ1) is 17.4. The monoisotopic (exact) mass is 276 g/mol. The number of carbonyl (C=O) groups excluding carboxylic acids is 1. The summed E-state index contributed by atoms with van der Waals surface area (Å²) in [5, 5.41) is 0. The average Bonchev–Trinajstić information content (AvgIpc) is 2.01. The Kier molecular flexibility index (Phi) is 6.42. The number of aryl methyl sites for hydroxylation is 1. The molecule has 0 aromatic carbocycles. The van der Waals surface area contributed by atoms with Crippen molar-refractivity contribution >= 4 is 30.7 Å².